The Kier molecular flexibility index (Phi) is 3.51. The van der Waals surface area contributed by atoms with Crippen LogP contribution in [0.5, 0.6) is 0 Å². The maximum Gasteiger partial charge on any atom is 0.123 e. The third-order valence-corrected chi connectivity index (χ3v) is 2.95. The first-order valence-electron chi connectivity index (χ1n) is 4.99. The molecule has 0 bridgehead atoms. The molecule has 2 rings (SSSR count). The van der Waals surface area contributed by atoms with E-state index in [1.165, 1.54) is 12.1 Å². The Morgan fingerprint density at radius 3 is 2.29 bits per heavy atom. The van der Waals surface area contributed by atoms with Gasteiger partial charge in [-0.25, -0.2) is 4.39 Å². The lowest BCUT2D eigenvalue weighted by Gasteiger charge is -2.09. The summed E-state index contributed by atoms with van der Waals surface area (Å²) in [6.07, 6.45) is 1.68. The van der Waals surface area contributed by atoms with Crippen LogP contribution in [0.2, 0.25) is 10.0 Å². The lowest BCUT2D eigenvalue weighted by Crippen LogP contribution is -1.86. The first kappa shape index (κ1) is 12.2. The highest BCUT2D eigenvalue weighted by molar-refractivity contribution is 6.37. The maximum absolute atomic E-state index is 12.9. The van der Waals surface area contributed by atoms with Gasteiger partial charge in [-0.05, 0) is 35.4 Å². The zero-order valence-corrected chi connectivity index (χ0v) is 10.4. The molecule has 0 atom stereocenters. The number of halogens is 3. The fraction of sp³-hybridized carbons (Fsp3) is 0. The Morgan fingerprint density at radius 2 is 1.71 bits per heavy atom. The van der Waals surface area contributed by atoms with E-state index >= 15 is 0 Å². The van der Waals surface area contributed by atoms with Crippen molar-refractivity contribution in [1.29, 1.82) is 0 Å². The molecule has 0 saturated carbocycles. The molecular formula is C14H9Cl2F. The summed E-state index contributed by atoms with van der Waals surface area (Å²) in [5, 5.41) is 1.08. The van der Waals surface area contributed by atoms with Crippen LogP contribution in [0.25, 0.3) is 17.2 Å². The van der Waals surface area contributed by atoms with Gasteiger partial charge in [0.05, 0.1) is 5.02 Å². The molecule has 0 heterocycles. The highest BCUT2D eigenvalue weighted by Crippen LogP contribution is 2.34. The predicted molar refractivity (Wildman–Crippen MR) is 71.9 cm³/mol. The average Bonchev–Trinajstić information content (AvgIpc) is 2.30. The van der Waals surface area contributed by atoms with E-state index in [4.69, 9.17) is 23.2 Å². The minimum Gasteiger partial charge on any atom is -0.207 e. The zero-order chi connectivity index (χ0) is 12.4. The van der Waals surface area contributed by atoms with E-state index in [-0.39, 0.29) is 5.82 Å². The van der Waals surface area contributed by atoms with Gasteiger partial charge in [0.2, 0.25) is 0 Å². The molecule has 0 unspecified atom stereocenters. The zero-order valence-electron chi connectivity index (χ0n) is 8.88. The van der Waals surface area contributed by atoms with Gasteiger partial charge in [-0.15, -0.1) is 0 Å². The fourth-order valence-electron chi connectivity index (χ4n) is 1.68. The molecule has 0 aliphatic rings. The number of hydrogen-bond donors (Lipinski definition) is 0. The summed E-state index contributed by atoms with van der Waals surface area (Å²) in [5.41, 5.74) is 2.48. The third kappa shape index (κ3) is 2.51. The minimum absolute atomic E-state index is 0.279. The molecule has 0 N–H and O–H groups in total. The monoisotopic (exact) mass is 266 g/mol. The molecule has 86 valence electrons. The van der Waals surface area contributed by atoms with E-state index in [1.807, 2.05) is 0 Å². The van der Waals surface area contributed by atoms with Crippen LogP contribution in [0, 0.1) is 5.82 Å². The van der Waals surface area contributed by atoms with Gasteiger partial charge in [-0.3, -0.25) is 0 Å². The smallest absolute Gasteiger partial charge is 0.123 e. The molecule has 0 saturated heterocycles. The molecular weight excluding hydrogens is 258 g/mol. The van der Waals surface area contributed by atoms with Crippen molar-refractivity contribution in [2.24, 2.45) is 0 Å². The number of hydrogen-bond acceptors (Lipinski definition) is 0. The van der Waals surface area contributed by atoms with Gasteiger partial charge < -0.3 is 0 Å². The van der Waals surface area contributed by atoms with Crippen molar-refractivity contribution in [2.45, 2.75) is 0 Å². The Bertz CT molecular complexity index is 559. The van der Waals surface area contributed by atoms with Crippen molar-refractivity contribution < 1.29 is 4.39 Å². The number of benzene rings is 2. The first-order valence-corrected chi connectivity index (χ1v) is 5.75. The highest BCUT2D eigenvalue weighted by atomic mass is 35.5. The van der Waals surface area contributed by atoms with E-state index in [0.29, 0.717) is 10.0 Å². The molecule has 3 heteroatoms. The molecule has 2 aromatic rings. The van der Waals surface area contributed by atoms with Crippen LogP contribution in [0.15, 0.2) is 43.0 Å². The topological polar surface area (TPSA) is 0 Å². The summed E-state index contributed by atoms with van der Waals surface area (Å²) in [7, 11) is 0. The van der Waals surface area contributed by atoms with E-state index in [2.05, 4.69) is 6.58 Å². The van der Waals surface area contributed by atoms with Gasteiger partial charge in [-0.1, -0.05) is 48.0 Å². The molecule has 0 fully saturated rings. The van der Waals surface area contributed by atoms with Gasteiger partial charge >= 0.3 is 0 Å². The average molecular weight is 267 g/mol. The lowest BCUT2D eigenvalue weighted by atomic mass is 9.99. The van der Waals surface area contributed by atoms with E-state index in [0.717, 1.165) is 16.7 Å². The molecule has 0 aromatic heterocycles. The SMILES string of the molecule is C=Cc1cc(Cl)cc(Cl)c1-c1ccc(F)cc1. The fourth-order valence-corrected chi connectivity index (χ4v) is 2.29. The Hall–Kier alpha value is -1.31. The van der Waals surface area contributed by atoms with Crippen LogP contribution >= 0.6 is 23.2 Å². The normalized spacial score (nSPS) is 10.3. The van der Waals surface area contributed by atoms with E-state index in [1.54, 1.807) is 30.3 Å². The van der Waals surface area contributed by atoms with Crippen molar-refractivity contribution in [1.82, 2.24) is 0 Å². The van der Waals surface area contributed by atoms with Crippen LogP contribution in [0.3, 0.4) is 0 Å². The summed E-state index contributed by atoms with van der Waals surface area (Å²) in [6, 6.07) is 9.59. The molecule has 0 aliphatic heterocycles. The van der Waals surface area contributed by atoms with Gasteiger partial charge in [-0.2, -0.15) is 0 Å². The molecule has 0 spiro atoms. The molecule has 0 nitrogen and oxygen atoms in total. The Balaban J connectivity index is 2.65. The molecule has 17 heavy (non-hydrogen) atoms. The maximum atomic E-state index is 12.9. The summed E-state index contributed by atoms with van der Waals surface area (Å²) in [5.74, 6) is -0.279. The molecule has 2 aromatic carbocycles. The van der Waals surface area contributed by atoms with Crippen LogP contribution in [-0.4, -0.2) is 0 Å². The second-order valence-electron chi connectivity index (χ2n) is 3.56. The summed E-state index contributed by atoms with van der Waals surface area (Å²) in [6.45, 7) is 3.73. The van der Waals surface area contributed by atoms with E-state index in [9.17, 15) is 4.39 Å². The second-order valence-corrected chi connectivity index (χ2v) is 4.41. The number of rotatable bonds is 2. The van der Waals surface area contributed by atoms with Crippen LogP contribution in [0.4, 0.5) is 4.39 Å². The van der Waals surface area contributed by atoms with Crippen molar-refractivity contribution in [3.05, 3.63) is 64.4 Å². The van der Waals surface area contributed by atoms with Crippen LogP contribution < -0.4 is 0 Å². The summed E-state index contributed by atoms with van der Waals surface area (Å²) >= 11 is 12.1. The van der Waals surface area contributed by atoms with Crippen molar-refractivity contribution >= 4 is 29.3 Å². The van der Waals surface area contributed by atoms with Gasteiger partial charge in [0.1, 0.15) is 5.82 Å². The van der Waals surface area contributed by atoms with Gasteiger partial charge in [0.15, 0.2) is 0 Å². The summed E-state index contributed by atoms with van der Waals surface area (Å²) in [4.78, 5) is 0. The van der Waals surface area contributed by atoms with Crippen molar-refractivity contribution in [3.63, 3.8) is 0 Å². The van der Waals surface area contributed by atoms with Crippen LogP contribution in [-0.2, 0) is 0 Å². The minimum atomic E-state index is -0.279. The first-order chi connectivity index (χ1) is 8.11. The largest absolute Gasteiger partial charge is 0.207 e. The lowest BCUT2D eigenvalue weighted by molar-refractivity contribution is 0.628. The third-order valence-electron chi connectivity index (χ3n) is 2.44. The molecule has 0 amide bonds. The summed E-state index contributed by atoms with van der Waals surface area (Å²) < 4.78 is 12.9. The molecule has 0 radical (unpaired) electrons. The second kappa shape index (κ2) is 4.91. The Morgan fingerprint density at radius 1 is 1.06 bits per heavy atom. The quantitative estimate of drug-likeness (QED) is 0.679. The van der Waals surface area contributed by atoms with Crippen molar-refractivity contribution in [2.75, 3.05) is 0 Å². The standard InChI is InChI=1S/C14H9Cl2F/c1-2-9-7-11(15)8-13(16)14(9)10-3-5-12(17)6-4-10/h2-8H,1H2. The molecule has 0 aliphatic carbocycles. The highest BCUT2D eigenvalue weighted by Gasteiger charge is 2.09. The Labute approximate surface area is 109 Å². The van der Waals surface area contributed by atoms with Gasteiger partial charge in [0, 0.05) is 10.6 Å². The van der Waals surface area contributed by atoms with Gasteiger partial charge in [0.25, 0.3) is 0 Å². The van der Waals surface area contributed by atoms with Crippen LogP contribution in [0.1, 0.15) is 5.56 Å². The predicted octanol–water partition coefficient (Wildman–Crippen LogP) is 5.44. The van der Waals surface area contributed by atoms with E-state index < -0.39 is 0 Å². The van der Waals surface area contributed by atoms with Crippen molar-refractivity contribution in [3.8, 4) is 11.1 Å².